The van der Waals surface area contributed by atoms with Gasteiger partial charge >= 0.3 is 0 Å². The van der Waals surface area contributed by atoms with Crippen LogP contribution in [0, 0.1) is 30.6 Å². The van der Waals surface area contributed by atoms with Crippen LogP contribution in [0.2, 0.25) is 5.02 Å². The molecular weight excluding hydrogens is 490 g/mol. The Kier molecular flexibility index (Phi) is 5.78. The second-order valence-electron chi connectivity index (χ2n) is 11.3. The van der Waals surface area contributed by atoms with E-state index < -0.39 is 6.23 Å². The smallest absolute Gasteiger partial charge is 0.152 e. The zero-order valence-electron chi connectivity index (χ0n) is 20.9. The highest BCUT2D eigenvalue weighted by atomic mass is 35.5. The summed E-state index contributed by atoms with van der Waals surface area (Å²) in [6.07, 6.45) is 6.50. The summed E-state index contributed by atoms with van der Waals surface area (Å²) in [4.78, 5) is 1.38. The maximum atomic E-state index is 11.4. The standard InChI is InChI=1S/C28H34ClN5OS/c1-3-15-11-22(17-8-16(15)9-17)31-27(35)18-10-20-23(12-18)36-28-25(20)26(19-6-4-5-7-21(19)29)30-13-24-33-32-14(2)34(24)28/h4-7,15-18,22,26-27,30-31,35H,3,8-13H2,1-2H3/t15?,16?,17?,18-,22?,26-,27?/m0/s1. The van der Waals surface area contributed by atoms with Crippen molar-refractivity contribution in [2.75, 3.05) is 0 Å². The SMILES string of the molecule is CCC1CC(NC(O)[C@@H]2Cc3sc4c(c3C2)[C@H](c2ccccc2Cl)NCc2nnc(C)n2-4)C2CC1C2. The number of aromatic nitrogens is 3. The van der Waals surface area contributed by atoms with E-state index in [4.69, 9.17) is 11.6 Å². The van der Waals surface area contributed by atoms with E-state index in [0.717, 1.165) is 52.8 Å². The second kappa shape index (κ2) is 8.91. The molecule has 3 N–H and O–H groups in total. The zero-order chi connectivity index (χ0) is 24.6. The van der Waals surface area contributed by atoms with Gasteiger partial charge in [0.25, 0.3) is 0 Å². The van der Waals surface area contributed by atoms with E-state index in [1.54, 1.807) is 0 Å². The van der Waals surface area contributed by atoms with E-state index in [1.165, 1.54) is 46.7 Å². The van der Waals surface area contributed by atoms with Crippen LogP contribution in [0.5, 0.6) is 0 Å². The van der Waals surface area contributed by atoms with Crippen molar-refractivity contribution < 1.29 is 5.11 Å². The molecule has 4 aliphatic carbocycles. The third-order valence-corrected chi connectivity index (χ3v) is 11.0. The number of thiophene rings is 1. The maximum absolute atomic E-state index is 11.4. The van der Waals surface area contributed by atoms with Crippen LogP contribution in [0.3, 0.4) is 0 Å². The molecule has 6 nitrogen and oxygen atoms in total. The monoisotopic (exact) mass is 523 g/mol. The van der Waals surface area contributed by atoms with Crippen LogP contribution < -0.4 is 10.6 Å². The molecule has 3 unspecified atom stereocenters. The van der Waals surface area contributed by atoms with E-state index in [9.17, 15) is 5.11 Å². The van der Waals surface area contributed by atoms with Crippen molar-refractivity contribution in [3.05, 3.63) is 62.5 Å². The van der Waals surface area contributed by atoms with Crippen molar-refractivity contribution in [3.8, 4) is 5.00 Å². The first-order chi connectivity index (χ1) is 17.5. The lowest BCUT2D eigenvalue weighted by molar-refractivity contribution is -0.0239. The lowest BCUT2D eigenvalue weighted by Gasteiger charge is -2.52. The number of hydrogen-bond acceptors (Lipinski definition) is 6. The van der Waals surface area contributed by atoms with E-state index in [2.05, 4.69) is 44.5 Å². The second-order valence-corrected chi connectivity index (χ2v) is 12.8. The molecule has 0 radical (unpaired) electrons. The number of rotatable bonds is 5. The minimum atomic E-state index is -0.468. The van der Waals surface area contributed by atoms with Gasteiger partial charge in [-0.05, 0) is 74.0 Å². The molecular formula is C28H34ClN5OS. The summed E-state index contributed by atoms with van der Waals surface area (Å²) < 4.78 is 2.21. The summed E-state index contributed by atoms with van der Waals surface area (Å²) in [7, 11) is 0. The van der Waals surface area contributed by atoms with Gasteiger partial charge < -0.3 is 5.11 Å². The molecule has 5 aliphatic rings. The number of halogens is 1. The van der Waals surface area contributed by atoms with Crippen molar-refractivity contribution in [2.24, 2.45) is 23.7 Å². The summed E-state index contributed by atoms with van der Waals surface area (Å²) in [5, 5.41) is 29.6. The molecule has 3 aromatic rings. The Morgan fingerprint density at radius 2 is 2.03 bits per heavy atom. The minimum absolute atomic E-state index is 0.0192. The largest absolute Gasteiger partial charge is 0.378 e. The molecule has 2 aromatic heterocycles. The van der Waals surface area contributed by atoms with E-state index >= 15 is 0 Å². The van der Waals surface area contributed by atoms with Gasteiger partial charge in [-0.1, -0.05) is 43.1 Å². The number of aliphatic hydroxyl groups is 1. The number of nitrogens with zero attached hydrogens (tertiary/aromatic N) is 3. The van der Waals surface area contributed by atoms with Gasteiger partial charge in [-0.25, -0.2) is 0 Å². The fourth-order valence-electron chi connectivity index (χ4n) is 7.41. The molecule has 1 aromatic carbocycles. The first-order valence-electron chi connectivity index (χ1n) is 13.5. The van der Waals surface area contributed by atoms with Crippen LogP contribution in [-0.4, -0.2) is 32.1 Å². The van der Waals surface area contributed by atoms with Crippen molar-refractivity contribution in [2.45, 2.75) is 77.2 Å². The van der Waals surface area contributed by atoms with Crippen molar-refractivity contribution in [1.29, 1.82) is 0 Å². The molecule has 36 heavy (non-hydrogen) atoms. The Morgan fingerprint density at radius 3 is 2.83 bits per heavy atom. The normalized spacial score (nSPS) is 31.2. The summed E-state index contributed by atoms with van der Waals surface area (Å²) in [6.45, 7) is 4.98. The number of aliphatic hydroxyl groups excluding tert-OH is 1. The highest BCUT2D eigenvalue weighted by molar-refractivity contribution is 7.15. The first kappa shape index (κ1) is 23.4. The van der Waals surface area contributed by atoms with E-state index in [0.29, 0.717) is 12.6 Å². The quantitative estimate of drug-likeness (QED) is 0.413. The predicted molar refractivity (Wildman–Crippen MR) is 143 cm³/mol. The van der Waals surface area contributed by atoms with Gasteiger partial charge in [0.2, 0.25) is 0 Å². The first-order valence-corrected chi connectivity index (χ1v) is 14.7. The molecule has 3 heterocycles. The van der Waals surface area contributed by atoms with E-state index in [1.807, 2.05) is 30.4 Å². The predicted octanol–water partition coefficient (Wildman–Crippen LogP) is 4.93. The van der Waals surface area contributed by atoms with Gasteiger partial charge in [0.05, 0.1) is 12.6 Å². The maximum Gasteiger partial charge on any atom is 0.152 e. The zero-order valence-corrected chi connectivity index (χ0v) is 22.4. The summed E-state index contributed by atoms with van der Waals surface area (Å²) in [5.41, 5.74) is 3.75. The number of nitrogens with one attached hydrogen (secondary N) is 2. The molecule has 8 heteroatoms. The Balaban J connectivity index is 1.20. The molecule has 0 amide bonds. The Hall–Kier alpha value is -1.77. The Morgan fingerprint density at radius 1 is 1.19 bits per heavy atom. The third kappa shape index (κ3) is 3.62. The van der Waals surface area contributed by atoms with Crippen molar-refractivity contribution in [3.63, 3.8) is 0 Å². The number of aryl methyl sites for hydroxylation is 1. The molecule has 1 aliphatic heterocycles. The number of hydrogen-bond donors (Lipinski definition) is 3. The van der Waals surface area contributed by atoms with Crippen LogP contribution in [0.4, 0.5) is 0 Å². The minimum Gasteiger partial charge on any atom is -0.378 e. The highest BCUT2D eigenvalue weighted by Crippen LogP contribution is 2.51. The third-order valence-electron chi connectivity index (χ3n) is 9.45. The van der Waals surface area contributed by atoms with Gasteiger partial charge in [-0.2, -0.15) is 0 Å². The molecule has 190 valence electrons. The number of benzene rings is 1. The van der Waals surface area contributed by atoms with Crippen molar-refractivity contribution >= 4 is 22.9 Å². The van der Waals surface area contributed by atoms with Gasteiger partial charge in [0, 0.05) is 27.4 Å². The lowest BCUT2D eigenvalue weighted by Crippen LogP contribution is -2.55. The summed E-state index contributed by atoms with van der Waals surface area (Å²) in [6, 6.07) is 8.57. The van der Waals surface area contributed by atoms with Gasteiger partial charge in [0.15, 0.2) is 5.82 Å². The van der Waals surface area contributed by atoms with E-state index in [-0.39, 0.29) is 12.0 Å². The molecule has 3 fully saturated rings. The van der Waals surface area contributed by atoms with Gasteiger partial charge in [0.1, 0.15) is 17.1 Å². The highest BCUT2D eigenvalue weighted by Gasteiger charge is 2.46. The van der Waals surface area contributed by atoms with Crippen LogP contribution >= 0.6 is 22.9 Å². The average Bonchev–Trinajstić information content (AvgIpc) is 3.49. The van der Waals surface area contributed by atoms with Crippen LogP contribution in [-0.2, 0) is 19.4 Å². The Bertz CT molecular complexity index is 1300. The molecule has 2 bridgehead atoms. The average molecular weight is 524 g/mol. The topological polar surface area (TPSA) is 75.0 Å². The summed E-state index contributed by atoms with van der Waals surface area (Å²) >= 11 is 8.56. The Labute approximate surface area is 221 Å². The molecule has 8 rings (SSSR count). The van der Waals surface area contributed by atoms with Gasteiger partial charge in [-0.3, -0.25) is 15.2 Å². The van der Waals surface area contributed by atoms with Crippen LogP contribution in [0.15, 0.2) is 24.3 Å². The fraction of sp³-hybridized carbons (Fsp3) is 0.571. The summed E-state index contributed by atoms with van der Waals surface area (Å²) in [5.74, 6) is 4.55. The van der Waals surface area contributed by atoms with Crippen LogP contribution in [0.1, 0.15) is 71.9 Å². The fourth-order valence-corrected chi connectivity index (χ4v) is 9.18. The van der Waals surface area contributed by atoms with Crippen LogP contribution in [0.25, 0.3) is 5.00 Å². The lowest BCUT2D eigenvalue weighted by atomic mass is 9.57. The number of fused-ring (bicyclic) bond motifs is 7. The molecule has 3 saturated carbocycles. The van der Waals surface area contributed by atoms with Crippen molar-refractivity contribution in [1.82, 2.24) is 25.4 Å². The molecule has 5 atom stereocenters. The van der Waals surface area contributed by atoms with Gasteiger partial charge in [-0.15, -0.1) is 21.5 Å². The molecule has 0 saturated heterocycles. The molecule has 0 spiro atoms.